The van der Waals surface area contributed by atoms with Gasteiger partial charge in [0.25, 0.3) is 5.56 Å². The predicted octanol–water partition coefficient (Wildman–Crippen LogP) is 3.25. The van der Waals surface area contributed by atoms with E-state index in [-0.39, 0.29) is 30.3 Å². The van der Waals surface area contributed by atoms with Crippen LogP contribution in [-0.4, -0.2) is 33.2 Å². The van der Waals surface area contributed by atoms with Crippen molar-refractivity contribution >= 4 is 45.7 Å². The van der Waals surface area contributed by atoms with Gasteiger partial charge in [-0.2, -0.15) is 0 Å². The first-order chi connectivity index (χ1) is 13.9. The Labute approximate surface area is 176 Å². The van der Waals surface area contributed by atoms with E-state index in [0.29, 0.717) is 28.3 Å². The Hall–Kier alpha value is -2.71. The molecule has 1 aromatic carbocycles. The molecule has 0 fully saturated rings. The molecule has 0 saturated carbocycles. The van der Waals surface area contributed by atoms with Gasteiger partial charge in [0.2, 0.25) is 11.8 Å². The lowest BCUT2D eigenvalue weighted by molar-refractivity contribution is -0.132. The lowest BCUT2D eigenvalue weighted by Crippen LogP contribution is -2.36. The number of carbonyl (C=O) groups is 2. The number of benzene rings is 1. The molecule has 29 heavy (non-hydrogen) atoms. The van der Waals surface area contributed by atoms with Gasteiger partial charge in [0.15, 0.2) is 0 Å². The van der Waals surface area contributed by atoms with E-state index in [2.05, 4.69) is 15.3 Å². The second kappa shape index (κ2) is 9.19. The number of thiophene rings is 1. The molecule has 3 aromatic rings. The number of H-pyrrole nitrogens is 1. The van der Waals surface area contributed by atoms with Gasteiger partial charge >= 0.3 is 0 Å². The Morgan fingerprint density at radius 3 is 2.79 bits per heavy atom. The van der Waals surface area contributed by atoms with Crippen LogP contribution in [0.1, 0.15) is 37.0 Å². The van der Waals surface area contributed by atoms with E-state index >= 15 is 0 Å². The van der Waals surface area contributed by atoms with E-state index in [4.69, 9.17) is 11.6 Å². The van der Waals surface area contributed by atoms with Crippen molar-refractivity contribution in [2.24, 2.45) is 0 Å². The highest BCUT2D eigenvalue weighted by molar-refractivity contribution is 7.10. The van der Waals surface area contributed by atoms with Crippen LogP contribution in [0.3, 0.4) is 0 Å². The topological polar surface area (TPSA) is 95.2 Å². The summed E-state index contributed by atoms with van der Waals surface area (Å²) in [5, 5.41) is 5.66. The monoisotopic (exact) mass is 432 g/mol. The number of aromatic amines is 1. The summed E-state index contributed by atoms with van der Waals surface area (Å²) in [4.78, 5) is 46.5. The summed E-state index contributed by atoms with van der Waals surface area (Å²) in [6, 6.07) is 8.25. The first kappa shape index (κ1) is 21.0. The maximum absolute atomic E-state index is 12.9. The second-order valence-corrected chi connectivity index (χ2v) is 7.97. The van der Waals surface area contributed by atoms with Gasteiger partial charge in [0.05, 0.1) is 29.9 Å². The fourth-order valence-electron chi connectivity index (χ4n) is 3.05. The summed E-state index contributed by atoms with van der Waals surface area (Å²) in [5.41, 5.74) is 0.203. The number of rotatable bonds is 7. The smallest absolute Gasteiger partial charge is 0.258 e. The van der Waals surface area contributed by atoms with Crippen LogP contribution in [0.25, 0.3) is 10.9 Å². The SMILES string of the molecule is CCN(Cc1nc2cc(Cl)ccc2c(=O)[nH]1)C(=O)C[C@@H](NC(C)=O)c1cccs1. The van der Waals surface area contributed by atoms with E-state index < -0.39 is 6.04 Å². The van der Waals surface area contributed by atoms with E-state index in [0.717, 1.165) is 4.88 Å². The number of aromatic nitrogens is 2. The zero-order valence-corrected chi connectivity index (χ0v) is 17.6. The predicted molar refractivity (Wildman–Crippen MR) is 114 cm³/mol. The van der Waals surface area contributed by atoms with Crippen LogP contribution in [-0.2, 0) is 16.1 Å². The zero-order chi connectivity index (χ0) is 21.0. The van der Waals surface area contributed by atoms with E-state index in [1.54, 1.807) is 23.1 Å². The molecule has 0 bridgehead atoms. The molecule has 9 heteroatoms. The zero-order valence-electron chi connectivity index (χ0n) is 16.1. The summed E-state index contributed by atoms with van der Waals surface area (Å²) in [7, 11) is 0. The van der Waals surface area contributed by atoms with Crippen LogP contribution < -0.4 is 10.9 Å². The normalized spacial score (nSPS) is 12.0. The molecule has 1 atom stereocenters. The van der Waals surface area contributed by atoms with Gasteiger partial charge in [-0.1, -0.05) is 17.7 Å². The van der Waals surface area contributed by atoms with Crippen LogP contribution in [0, 0.1) is 0 Å². The minimum Gasteiger partial charge on any atom is -0.348 e. The molecule has 2 amide bonds. The third kappa shape index (κ3) is 5.21. The average molecular weight is 433 g/mol. The highest BCUT2D eigenvalue weighted by Gasteiger charge is 2.22. The highest BCUT2D eigenvalue weighted by Crippen LogP contribution is 2.23. The second-order valence-electron chi connectivity index (χ2n) is 6.55. The Kier molecular flexibility index (Phi) is 6.66. The number of halogens is 1. The fraction of sp³-hybridized carbons (Fsp3) is 0.300. The number of hydrogen-bond donors (Lipinski definition) is 2. The lowest BCUT2D eigenvalue weighted by atomic mass is 10.1. The Balaban J connectivity index is 1.80. The average Bonchev–Trinajstić information content (AvgIpc) is 3.19. The molecular formula is C20H21ClN4O3S. The third-order valence-electron chi connectivity index (χ3n) is 4.44. The van der Waals surface area contributed by atoms with Crippen molar-refractivity contribution in [2.45, 2.75) is 32.9 Å². The van der Waals surface area contributed by atoms with Gasteiger partial charge in [-0.15, -0.1) is 11.3 Å². The van der Waals surface area contributed by atoms with Crippen molar-refractivity contribution in [3.8, 4) is 0 Å². The molecule has 0 saturated heterocycles. The fourth-order valence-corrected chi connectivity index (χ4v) is 4.00. The van der Waals surface area contributed by atoms with Crippen molar-refractivity contribution in [3.05, 3.63) is 61.8 Å². The molecule has 2 heterocycles. The van der Waals surface area contributed by atoms with Gasteiger partial charge in [-0.25, -0.2) is 4.98 Å². The molecule has 2 N–H and O–H groups in total. The molecule has 3 rings (SSSR count). The number of nitrogens with zero attached hydrogens (tertiary/aromatic N) is 2. The van der Waals surface area contributed by atoms with Gasteiger partial charge in [-0.3, -0.25) is 14.4 Å². The largest absolute Gasteiger partial charge is 0.348 e. The summed E-state index contributed by atoms with van der Waals surface area (Å²) < 4.78 is 0. The van der Waals surface area contributed by atoms with Crippen LogP contribution in [0.4, 0.5) is 0 Å². The van der Waals surface area contributed by atoms with Crippen LogP contribution >= 0.6 is 22.9 Å². The number of nitrogens with one attached hydrogen (secondary N) is 2. The lowest BCUT2D eigenvalue weighted by Gasteiger charge is -2.24. The molecule has 0 unspecified atom stereocenters. The van der Waals surface area contributed by atoms with Crippen molar-refractivity contribution in [1.82, 2.24) is 20.2 Å². The molecule has 0 aliphatic rings. The standard InChI is InChI=1S/C20H21ClN4O3S/c1-3-25(19(27)10-16(22-12(2)26)17-5-4-8-29-17)11-18-23-15-9-13(21)6-7-14(15)20(28)24-18/h4-9,16H,3,10-11H2,1-2H3,(H,22,26)(H,23,24,28)/t16-/m1/s1. The summed E-state index contributed by atoms with van der Waals surface area (Å²) >= 11 is 7.49. The van der Waals surface area contributed by atoms with Crippen molar-refractivity contribution in [1.29, 1.82) is 0 Å². The van der Waals surface area contributed by atoms with E-state index in [1.165, 1.54) is 18.3 Å². The number of carbonyl (C=O) groups excluding carboxylic acids is 2. The molecule has 0 radical (unpaired) electrons. The summed E-state index contributed by atoms with van der Waals surface area (Å²) in [6.07, 6.45) is 0.123. The number of fused-ring (bicyclic) bond motifs is 1. The minimum atomic E-state index is -0.392. The Bertz CT molecular complexity index is 1080. The molecule has 0 aliphatic carbocycles. The molecule has 0 aliphatic heterocycles. The third-order valence-corrected chi connectivity index (χ3v) is 5.66. The molecule has 0 spiro atoms. The highest BCUT2D eigenvalue weighted by atomic mass is 35.5. The summed E-state index contributed by atoms with van der Waals surface area (Å²) in [5.74, 6) is 0.0392. The van der Waals surface area contributed by atoms with Crippen LogP contribution in [0.5, 0.6) is 0 Å². The Morgan fingerprint density at radius 1 is 1.34 bits per heavy atom. The first-order valence-electron chi connectivity index (χ1n) is 9.14. The number of hydrogen-bond acceptors (Lipinski definition) is 5. The van der Waals surface area contributed by atoms with Crippen molar-refractivity contribution < 1.29 is 9.59 Å². The molecule has 7 nitrogen and oxygen atoms in total. The van der Waals surface area contributed by atoms with Gasteiger partial charge < -0.3 is 15.2 Å². The van der Waals surface area contributed by atoms with E-state index in [1.807, 2.05) is 24.4 Å². The van der Waals surface area contributed by atoms with Crippen molar-refractivity contribution in [2.75, 3.05) is 6.54 Å². The van der Waals surface area contributed by atoms with E-state index in [9.17, 15) is 14.4 Å². The van der Waals surface area contributed by atoms with Gasteiger partial charge in [0, 0.05) is 23.4 Å². The van der Waals surface area contributed by atoms with Crippen LogP contribution in [0.15, 0.2) is 40.5 Å². The number of amides is 2. The Morgan fingerprint density at radius 2 is 2.14 bits per heavy atom. The van der Waals surface area contributed by atoms with Gasteiger partial charge in [0.1, 0.15) is 5.82 Å². The maximum Gasteiger partial charge on any atom is 0.258 e. The van der Waals surface area contributed by atoms with Gasteiger partial charge in [-0.05, 0) is 36.6 Å². The molecule has 152 valence electrons. The molecule has 2 aromatic heterocycles. The minimum absolute atomic E-state index is 0.123. The first-order valence-corrected chi connectivity index (χ1v) is 10.4. The maximum atomic E-state index is 12.9. The molecular weight excluding hydrogens is 412 g/mol. The summed E-state index contributed by atoms with van der Waals surface area (Å²) in [6.45, 7) is 3.88. The van der Waals surface area contributed by atoms with Crippen molar-refractivity contribution in [3.63, 3.8) is 0 Å². The quantitative estimate of drug-likeness (QED) is 0.599. The van der Waals surface area contributed by atoms with Crippen LogP contribution in [0.2, 0.25) is 5.02 Å².